The maximum absolute atomic E-state index is 14.2. The minimum absolute atomic E-state index is 0.131. The molecule has 2 heterocycles. The number of carbonyl (C=O) groups excluding carboxylic acids is 1. The Morgan fingerprint density at radius 2 is 1.93 bits per heavy atom. The van der Waals surface area contributed by atoms with Crippen molar-refractivity contribution in [1.29, 1.82) is 0 Å². The van der Waals surface area contributed by atoms with Crippen LogP contribution in [0.2, 0.25) is 0 Å². The van der Waals surface area contributed by atoms with Crippen molar-refractivity contribution in [3.8, 4) is 5.75 Å². The van der Waals surface area contributed by atoms with Gasteiger partial charge in [0.25, 0.3) is 0 Å². The summed E-state index contributed by atoms with van der Waals surface area (Å²) in [5.41, 5.74) is 0.698. The number of aryl methyl sites for hydroxylation is 1. The molecule has 1 aromatic carbocycles. The summed E-state index contributed by atoms with van der Waals surface area (Å²) in [4.78, 5) is 28.5. The first-order chi connectivity index (χ1) is 14.1. The molecule has 3 rings (SSSR count). The van der Waals surface area contributed by atoms with E-state index in [-0.39, 0.29) is 28.9 Å². The molecule has 0 radical (unpaired) electrons. The Morgan fingerprint density at radius 3 is 2.53 bits per heavy atom. The van der Waals surface area contributed by atoms with Crippen molar-refractivity contribution in [2.75, 3.05) is 0 Å². The van der Waals surface area contributed by atoms with E-state index < -0.39 is 23.8 Å². The predicted molar refractivity (Wildman–Crippen MR) is 99.8 cm³/mol. The van der Waals surface area contributed by atoms with Gasteiger partial charge in [-0.15, -0.1) is 13.2 Å². The summed E-state index contributed by atoms with van der Waals surface area (Å²) in [6, 6.07) is 10.7. The van der Waals surface area contributed by atoms with Gasteiger partial charge in [-0.25, -0.2) is 4.39 Å². The highest BCUT2D eigenvalue weighted by molar-refractivity contribution is 5.96. The smallest absolute Gasteiger partial charge is 0.403 e. The Hall–Kier alpha value is -3.49. The zero-order chi connectivity index (χ0) is 21.9. The molecule has 0 fully saturated rings. The van der Waals surface area contributed by atoms with Gasteiger partial charge < -0.3 is 9.30 Å². The fourth-order valence-electron chi connectivity index (χ4n) is 2.98. The molecule has 1 atom stereocenters. The zero-order valence-corrected chi connectivity index (χ0v) is 15.7. The van der Waals surface area contributed by atoms with Crippen LogP contribution in [0, 0.1) is 5.82 Å². The van der Waals surface area contributed by atoms with Crippen molar-refractivity contribution in [3.63, 3.8) is 0 Å². The van der Waals surface area contributed by atoms with Gasteiger partial charge in [-0.05, 0) is 35.9 Å². The summed E-state index contributed by atoms with van der Waals surface area (Å²) in [5.74, 6) is -3.22. The average molecular weight is 420 g/mol. The van der Waals surface area contributed by atoms with Crippen molar-refractivity contribution < 1.29 is 27.1 Å². The fourth-order valence-corrected chi connectivity index (χ4v) is 2.98. The van der Waals surface area contributed by atoms with E-state index in [0.717, 1.165) is 12.1 Å². The average Bonchev–Trinajstić information content (AvgIpc) is 2.69. The molecule has 30 heavy (non-hydrogen) atoms. The Labute approximate surface area is 168 Å². The number of alkyl halides is 3. The molecule has 0 aliphatic rings. The number of hydrogen-bond donors (Lipinski definition) is 0. The third-order valence-corrected chi connectivity index (χ3v) is 4.43. The molecule has 5 nitrogen and oxygen atoms in total. The molecule has 2 aromatic heterocycles. The first kappa shape index (κ1) is 21.2. The van der Waals surface area contributed by atoms with Crippen molar-refractivity contribution in [2.45, 2.75) is 18.7 Å². The lowest BCUT2D eigenvalue weighted by molar-refractivity contribution is -0.275. The van der Waals surface area contributed by atoms with Crippen molar-refractivity contribution >= 4 is 5.78 Å². The number of benzene rings is 1. The number of pyridine rings is 2. The van der Waals surface area contributed by atoms with Crippen LogP contribution >= 0.6 is 0 Å². The molecule has 0 aliphatic heterocycles. The molecule has 156 valence electrons. The van der Waals surface area contributed by atoms with Gasteiger partial charge in [0.05, 0.1) is 0 Å². The summed E-state index contributed by atoms with van der Waals surface area (Å²) in [7, 11) is 1.50. The van der Waals surface area contributed by atoms with E-state index in [1.165, 1.54) is 42.2 Å². The fraction of sp³-hybridized carbons (Fsp3) is 0.190. The minimum atomic E-state index is -5.03. The molecule has 0 N–H and O–H groups in total. The predicted octanol–water partition coefficient (Wildman–Crippen LogP) is 4.22. The van der Waals surface area contributed by atoms with E-state index in [0.29, 0.717) is 5.69 Å². The number of aromatic nitrogens is 2. The van der Waals surface area contributed by atoms with Gasteiger partial charge in [0.2, 0.25) is 5.56 Å². The minimum Gasteiger partial charge on any atom is -0.403 e. The molecule has 0 saturated heterocycles. The van der Waals surface area contributed by atoms with Crippen LogP contribution in [0.5, 0.6) is 5.75 Å². The highest BCUT2D eigenvalue weighted by Gasteiger charge is 2.32. The number of Topliss-reactive ketones (excluding diaryl/α,β-unsaturated/α-hetero) is 1. The Balaban J connectivity index is 1.96. The van der Waals surface area contributed by atoms with Crippen molar-refractivity contribution in [3.05, 3.63) is 93.9 Å². The van der Waals surface area contributed by atoms with Gasteiger partial charge in [-0.1, -0.05) is 12.1 Å². The van der Waals surface area contributed by atoms with Gasteiger partial charge >= 0.3 is 6.36 Å². The molecular formula is C21H16F4N2O3. The normalized spacial score (nSPS) is 12.4. The maximum Gasteiger partial charge on any atom is 0.573 e. The van der Waals surface area contributed by atoms with E-state index in [2.05, 4.69) is 9.72 Å². The zero-order valence-electron chi connectivity index (χ0n) is 15.7. The maximum atomic E-state index is 14.2. The molecular weight excluding hydrogens is 404 g/mol. The van der Waals surface area contributed by atoms with Gasteiger partial charge in [0.15, 0.2) is 17.3 Å². The summed E-state index contributed by atoms with van der Waals surface area (Å²) in [6.45, 7) is 0. The van der Waals surface area contributed by atoms with Crippen LogP contribution in [0.3, 0.4) is 0 Å². The second kappa shape index (κ2) is 8.48. The monoisotopic (exact) mass is 420 g/mol. The third-order valence-electron chi connectivity index (χ3n) is 4.43. The third kappa shape index (κ3) is 5.11. The number of ether oxygens (including phenoxy) is 1. The van der Waals surface area contributed by atoms with Crippen LogP contribution in [-0.4, -0.2) is 21.7 Å². The second-order valence-corrected chi connectivity index (χ2v) is 6.54. The van der Waals surface area contributed by atoms with E-state index in [9.17, 15) is 27.2 Å². The van der Waals surface area contributed by atoms with E-state index in [1.54, 1.807) is 18.2 Å². The standard InChI is InChI=1S/C21H16F4N2O3/c1-27-12-14(6-8-20(27)29)18(28)11-15(17-4-2-3-9-26-17)13-5-7-19(16(22)10-13)30-21(23,24)25/h2-10,12,15H,11H2,1H3/t15-/m0/s1. The highest BCUT2D eigenvalue weighted by Crippen LogP contribution is 2.32. The summed E-state index contributed by atoms with van der Waals surface area (Å²) >= 11 is 0. The van der Waals surface area contributed by atoms with E-state index in [4.69, 9.17) is 0 Å². The van der Waals surface area contributed by atoms with Gasteiger partial charge in [0, 0.05) is 49.1 Å². The molecule has 0 aliphatic carbocycles. The molecule has 0 bridgehead atoms. The molecule has 0 unspecified atom stereocenters. The lowest BCUT2D eigenvalue weighted by Gasteiger charge is -2.18. The number of rotatable bonds is 6. The molecule has 0 saturated carbocycles. The SMILES string of the molecule is Cn1cc(C(=O)C[C@@H](c2ccc(OC(F)(F)F)c(F)c2)c2ccccn2)ccc1=O. The number of carbonyl (C=O) groups is 1. The highest BCUT2D eigenvalue weighted by atomic mass is 19.4. The Kier molecular flexibility index (Phi) is 6.00. The van der Waals surface area contributed by atoms with Crippen LogP contribution in [0.4, 0.5) is 17.6 Å². The quantitative estimate of drug-likeness (QED) is 0.443. The molecule has 9 heteroatoms. The summed E-state index contributed by atoms with van der Waals surface area (Å²) in [5, 5.41) is 0. The van der Waals surface area contributed by atoms with E-state index in [1.807, 2.05) is 0 Å². The van der Waals surface area contributed by atoms with Gasteiger partial charge in [0.1, 0.15) is 0 Å². The largest absolute Gasteiger partial charge is 0.573 e. The number of halogens is 4. The van der Waals surface area contributed by atoms with Crippen LogP contribution < -0.4 is 10.3 Å². The van der Waals surface area contributed by atoms with Gasteiger partial charge in [-0.3, -0.25) is 14.6 Å². The number of nitrogens with zero attached hydrogens (tertiary/aromatic N) is 2. The Morgan fingerprint density at radius 1 is 1.17 bits per heavy atom. The van der Waals surface area contributed by atoms with Crippen LogP contribution in [0.25, 0.3) is 0 Å². The van der Waals surface area contributed by atoms with Crippen molar-refractivity contribution in [2.24, 2.45) is 7.05 Å². The Bertz CT molecular complexity index is 1110. The second-order valence-electron chi connectivity index (χ2n) is 6.54. The lowest BCUT2D eigenvalue weighted by Crippen LogP contribution is -2.19. The summed E-state index contributed by atoms with van der Waals surface area (Å²) in [6.07, 6.45) is -2.27. The first-order valence-electron chi connectivity index (χ1n) is 8.80. The molecule has 0 amide bonds. The topological polar surface area (TPSA) is 61.2 Å². The summed E-state index contributed by atoms with van der Waals surface area (Å²) < 4.78 is 56.4. The van der Waals surface area contributed by atoms with E-state index >= 15 is 0 Å². The van der Waals surface area contributed by atoms with Gasteiger partial charge in [-0.2, -0.15) is 0 Å². The van der Waals surface area contributed by atoms with Crippen molar-refractivity contribution in [1.82, 2.24) is 9.55 Å². The number of ketones is 1. The molecule has 0 spiro atoms. The molecule has 3 aromatic rings. The van der Waals surface area contributed by atoms with Crippen LogP contribution in [-0.2, 0) is 7.05 Å². The van der Waals surface area contributed by atoms with Crippen LogP contribution in [0.1, 0.15) is 34.0 Å². The van der Waals surface area contributed by atoms with Crippen LogP contribution in [0.15, 0.2) is 65.7 Å². The number of hydrogen-bond acceptors (Lipinski definition) is 4. The lowest BCUT2D eigenvalue weighted by atomic mass is 9.88. The first-order valence-corrected chi connectivity index (χ1v) is 8.80.